The van der Waals surface area contributed by atoms with Crippen LogP contribution in [0.5, 0.6) is 0 Å². The van der Waals surface area contributed by atoms with Crippen LogP contribution in [0.3, 0.4) is 0 Å². The standard InChI is InChI=1S/C19H15NO3/c21-12-16-11-20-17-8-4-7-15(19(16)17)9-10-18(22)23-13-14-5-2-1-3-6-14/h1-12,20H,13H2/b10-9+. The number of nitrogens with one attached hydrogen (secondary N) is 1. The lowest BCUT2D eigenvalue weighted by atomic mass is 10.1. The molecule has 0 aliphatic carbocycles. The van der Waals surface area contributed by atoms with Crippen molar-refractivity contribution in [3.63, 3.8) is 0 Å². The minimum Gasteiger partial charge on any atom is -0.458 e. The molecule has 0 saturated carbocycles. The van der Waals surface area contributed by atoms with E-state index in [0.717, 1.165) is 28.3 Å². The Labute approximate surface area is 133 Å². The van der Waals surface area contributed by atoms with E-state index in [1.54, 1.807) is 12.3 Å². The van der Waals surface area contributed by atoms with Crippen LogP contribution in [0.1, 0.15) is 21.5 Å². The lowest BCUT2D eigenvalue weighted by molar-refractivity contribution is -0.138. The number of aldehydes is 1. The summed E-state index contributed by atoms with van der Waals surface area (Å²) in [7, 11) is 0. The van der Waals surface area contributed by atoms with Crippen LogP contribution in [0.2, 0.25) is 0 Å². The van der Waals surface area contributed by atoms with Crippen molar-refractivity contribution in [1.82, 2.24) is 4.98 Å². The van der Waals surface area contributed by atoms with Crippen LogP contribution in [-0.4, -0.2) is 17.2 Å². The number of carbonyl (C=O) groups is 2. The minimum absolute atomic E-state index is 0.234. The van der Waals surface area contributed by atoms with E-state index in [1.165, 1.54) is 6.08 Å². The molecule has 0 aliphatic heterocycles. The Morgan fingerprint density at radius 3 is 2.65 bits per heavy atom. The zero-order valence-electron chi connectivity index (χ0n) is 12.4. The van der Waals surface area contributed by atoms with Gasteiger partial charge >= 0.3 is 5.97 Å². The summed E-state index contributed by atoms with van der Waals surface area (Å²) in [5, 5.41) is 0.801. The Bertz CT molecular complexity index is 863. The first kappa shape index (κ1) is 14.8. The second kappa shape index (κ2) is 6.75. The summed E-state index contributed by atoms with van der Waals surface area (Å²) in [5.41, 5.74) is 3.15. The molecule has 0 spiro atoms. The Morgan fingerprint density at radius 2 is 1.87 bits per heavy atom. The zero-order chi connectivity index (χ0) is 16.1. The molecular formula is C19H15NO3. The highest BCUT2D eigenvalue weighted by Gasteiger charge is 2.06. The normalized spacial score (nSPS) is 11.0. The minimum atomic E-state index is -0.422. The number of fused-ring (bicyclic) bond motifs is 1. The maximum Gasteiger partial charge on any atom is 0.331 e. The second-order valence-corrected chi connectivity index (χ2v) is 5.06. The van der Waals surface area contributed by atoms with Crippen LogP contribution in [-0.2, 0) is 16.1 Å². The highest BCUT2D eigenvalue weighted by molar-refractivity contribution is 6.03. The van der Waals surface area contributed by atoms with Crippen molar-refractivity contribution in [3.05, 3.63) is 77.5 Å². The van der Waals surface area contributed by atoms with Gasteiger partial charge in [0.1, 0.15) is 6.61 Å². The molecule has 114 valence electrons. The van der Waals surface area contributed by atoms with E-state index in [0.29, 0.717) is 5.56 Å². The van der Waals surface area contributed by atoms with Crippen LogP contribution < -0.4 is 0 Å². The molecule has 1 aromatic heterocycles. The summed E-state index contributed by atoms with van der Waals surface area (Å²) >= 11 is 0. The van der Waals surface area contributed by atoms with E-state index >= 15 is 0 Å². The van der Waals surface area contributed by atoms with Crippen molar-refractivity contribution in [3.8, 4) is 0 Å². The van der Waals surface area contributed by atoms with Gasteiger partial charge in [-0.3, -0.25) is 4.79 Å². The smallest absolute Gasteiger partial charge is 0.331 e. The molecule has 3 aromatic rings. The number of carbonyl (C=O) groups excluding carboxylic acids is 2. The van der Waals surface area contributed by atoms with E-state index in [4.69, 9.17) is 4.74 Å². The largest absolute Gasteiger partial charge is 0.458 e. The molecule has 1 N–H and O–H groups in total. The van der Waals surface area contributed by atoms with Crippen LogP contribution in [0.15, 0.2) is 60.8 Å². The Morgan fingerprint density at radius 1 is 1.04 bits per heavy atom. The van der Waals surface area contributed by atoms with E-state index in [1.807, 2.05) is 48.5 Å². The van der Waals surface area contributed by atoms with Gasteiger partial charge in [0.25, 0.3) is 0 Å². The monoisotopic (exact) mass is 305 g/mol. The maximum absolute atomic E-state index is 11.8. The number of hydrogen-bond acceptors (Lipinski definition) is 3. The van der Waals surface area contributed by atoms with Crippen LogP contribution >= 0.6 is 0 Å². The van der Waals surface area contributed by atoms with Gasteiger partial charge in [-0.05, 0) is 23.3 Å². The van der Waals surface area contributed by atoms with Gasteiger partial charge in [0.15, 0.2) is 6.29 Å². The third-order valence-electron chi connectivity index (χ3n) is 3.52. The zero-order valence-corrected chi connectivity index (χ0v) is 12.4. The van der Waals surface area contributed by atoms with E-state index in [2.05, 4.69) is 4.98 Å². The number of H-pyrrole nitrogens is 1. The Hall–Kier alpha value is -3.14. The molecule has 23 heavy (non-hydrogen) atoms. The number of aromatic nitrogens is 1. The number of hydrogen-bond donors (Lipinski definition) is 1. The van der Waals surface area contributed by atoms with Crippen molar-refractivity contribution >= 4 is 29.2 Å². The molecule has 0 atom stereocenters. The number of ether oxygens (including phenoxy) is 1. The Balaban J connectivity index is 1.73. The molecule has 3 rings (SSSR count). The quantitative estimate of drug-likeness (QED) is 0.444. The fourth-order valence-corrected chi connectivity index (χ4v) is 2.41. The average Bonchev–Trinajstić information content (AvgIpc) is 3.03. The fraction of sp³-hybridized carbons (Fsp3) is 0.0526. The fourth-order valence-electron chi connectivity index (χ4n) is 2.41. The molecule has 4 nitrogen and oxygen atoms in total. The van der Waals surface area contributed by atoms with Crippen molar-refractivity contribution in [2.45, 2.75) is 6.61 Å². The molecule has 0 unspecified atom stereocenters. The number of rotatable bonds is 5. The topological polar surface area (TPSA) is 59.2 Å². The summed E-state index contributed by atoms with van der Waals surface area (Å²) in [6.45, 7) is 0.234. The van der Waals surface area contributed by atoms with Crippen molar-refractivity contribution < 1.29 is 14.3 Å². The van der Waals surface area contributed by atoms with Crippen LogP contribution in [0.25, 0.3) is 17.0 Å². The number of esters is 1. The van der Waals surface area contributed by atoms with Gasteiger partial charge < -0.3 is 9.72 Å². The molecule has 4 heteroatoms. The molecule has 1 heterocycles. The summed E-state index contributed by atoms with van der Waals surface area (Å²) < 4.78 is 5.20. The van der Waals surface area contributed by atoms with Crippen LogP contribution in [0, 0.1) is 0 Å². The number of benzene rings is 2. The molecule has 0 amide bonds. The highest BCUT2D eigenvalue weighted by atomic mass is 16.5. The lowest BCUT2D eigenvalue weighted by Gasteiger charge is -2.02. The third kappa shape index (κ3) is 3.37. The van der Waals surface area contributed by atoms with Crippen molar-refractivity contribution in [2.24, 2.45) is 0 Å². The van der Waals surface area contributed by atoms with E-state index in [-0.39, 0.29) is 6.61 Å². The van der Waals surface area contributed by atoms with Gasteiger partial charge in [-0.1, -0.05) is 42.5 Å². The first-order valence-corrected chi connectivity index (χ1v) is 7.22. The molecular weight excluding hydrogens is 290 g/mol. The average molecular weight is 305 g/mol. The van der Waals surface area contributed by atoms with Gasteiger partial charge in [0, 0.05) is 28.7 Å². The molecule has 0 radical (unpaired) electrons. The summed E-state index contributed by atoms with van der Waals surface area (Å²) in [4.78, 5) is 26.0. The van der Waals surface area contributed by atoms with Gasteiger partial charge in [-0.25, -0.2) is 4.79 Å². The summed E-state index contributed by atoms with van der Waals surface area (Å²) in [5.74, 6) is -0.422. The predicted molar refractivity (Wildman–Crippen MR) is 89.0 cm³/mol. The van der Waals surface area contributed by atoms with E-state index in [9.17, 15) is 9.59 Å². The Kier molecular flexibility index (Phi) is 4.34. The molecule has 0 saturated heterocycles. The van der Waals surface area contributed by atoms with Crippen LogP contribution in [0.4, 0.5) is 0 Å². The highest BCUT2D eigenvalue weighted by Crippen LogP contribution is 2.22. The lowest BCUT2D eigenvalue weighted by Crippen LogP contribution is -2.00. The summed E-state index contributed by atoms with van der Waals surface area (Å²) in [6.07, 6.45) is 5.49. The maximum atomic E-state index is 11.8. The first-order chi connectivity index (χ1) is 11.3. The SMILES string of the molecule is O=Cc1c[nH]c2cccc(/C=C/C(=O)OCc3ccccc3)c12. The van der Waals surface area contributed by atoms with Gasteiger partial charge in [-0.15, -0.1) is 0 Å². The molecule has 0 bridgehead atoms. The summed E-state index contributed by atoms with van der Waals surface area (Å²) in [6, 6.07) is 15.1. The van der Waals surface area contributed by atoms with E-state index < -0.39 is 5.97 Å². The molecule has 0 fully saturated rings. The van der Waals surface area contributed by atoms with Crippen molar-refractivity contribution in [1.29, 1.82) is 0 Å². The third-order valence-corrected chi connectivity index (χ3v) is 3.52. The predicted octanol–water partition coefficient (Wildman–Crippen LogP) is 3.74. The number of aromatic amines is 1. The molecule has 2 aromatic carbocycles. The van der Waals surface area contributed by atoms with Crippen molar-refractivity contribution in [2.75, 3.05) is 0 Å². The van der Waals surface area contributed by atoms with Gasteiger partial charge in [0.05, 0.1) is 0 Å². The van der Waals surface area contributed by atoms with Gasteiger partial charge in [0.2, 0.25) is 0 Å². The second-order valence-electron chi connectivity index (χ2n) is 5.06. The van der Waals surface area contributed by atoms with Gasteiger partial charge in [-0.2, -0.15) is 0 Å². The first-order valence-electron chi connectivity index (χ1n) is 7.22. The molecule has 0 aliphatic rings.